The molecule has 0 fully saturated rings. The van der Waals surface area contributed by atoms with Crippen LogP contribution in [0, 0.1) is 11.3 Å². The summed E-state index contributed by atoms with van der Waals surface area (Å²) in [6.07, 6.45) is 1.55. The fourth-order valence-electron chi connectivity index (χ4n) is 1.44. The zero-order valence-electron chi connectivity index (χ0n) is 8.53. The fourth-order valence-corrected chi connectivity index (χ4v) is 1.68. The number of rotatable bonds is 2. The van der Waals surface area contributed by atoms with Gasteiger partial charge in [0.1, 0.15) is 11.5 Å². The highest BCUT2D eigenvalue weighted by molar-refractivity contribution is 6.32. The Hall–Kier alpha value is -1.92. The van der Waals surface area contributed by atoms with Crippen molar-refractivity contribution in [3.63, 3.8) is 0 Å². The molecule has 0 saturated heterocycles. The second-order valence-corrected chi connectivity index (χ2v) is 3.53. The highest BCUT2D eigenvalue weighted by Gasteiger charge is 2.12. The predicted octanol–water partition coefficient (Wildman–Crippen LogP) is 3.48. The third kappa shape index (κ3) is 1.75. The summed E-state index contributed by atoms with van der Waals surface area (Å²) in [5, 5.41) is 9.43. The molecule has 0 aliphatic rings. The number of hydrogen-bond donors (Lipinski definition) is 0. The van der Waals surface area contributed by atoms with Crippen LogP contribution in [0.4, 0.5) is 0 Å². The SMILES string of the molecule is COc1cc(-c2ccco2)c(C#N)cc1Cl. The molecule has 0 aliphatic heterocycles. The molecular formula is C12H8ClNO2. The maximum Gasteiger partial charge on any atom is 0.138 e. The second kappa shape index (κ2) is 4.30. The summed E-state index contributed by atoms with van der Waals surface area (Å²) in [7, 11) is 1.53. The number of nitrogens with zero attached hydrogens (tertiary/aromatic N) is 1. The zero-order valence-corrected chi connectivity index (χ0v) is 9.28. The maximum absolute atomic E-state index is 9.01. The second-order valence-electron chi connectivity index (χ2n) is 3.12. The van der Waals surface area contributed by atoms with Crippen molar-refractivity contribution in [1.29, 1.82) is 5.26 Å². The van der Waals surface area contributed by atoms with E-state index in [1.54, 1.807) is 30.5 Å². The molecule has 0 amide bonds. The van der Waals surface area contributed by atoms with E-state index < -0.39 is 0 Å². The van der Waals surface area contributed by atoms with E-state index in [1.807, 2.05) is 0 Å². The molecule has 1 aromatic heterocycles. The molecule has 4 heteroatoms. The molecule has 1 heterocycles. The van der Waals surface area contributed by atoms with Gasteiger partial charge in [0.2, 0.25) is 0 Å². The summed E-state index contributed by atoms with van der Waals surface area (Å²) in [5.41, 5.74) is 1.13. The molecule has 2 rings (SSSR count). The van der Waals surface area contributed by atoms with E-state index in [-0.39, 0.29) is 0 Å². The van der Waals surface area contributed by atoms with Crippen LogP contribution in [-0.4, -0.2) is 7.11 Å². The maximum atomic E-state index is 9.01. The first-order chi connectivity index (χ1) is 7.76. The standard InChI is InChI=1S/C12H8ClNO2/c1-15-12-6-9(11-3-2-4-16-11)8(7-14)5-10(12)13/h2-6H,1H3. The Labute approximate surface area is 97.8 Å². The van der Waals surface area contributed by atoms with Gasteiger partial charge in [-0.2, -0.15) is 5.26 Å². The van der Waals surface area contributed by atoms with E-state index in [4.69, 9.17) is 26.0 Å². The van der Waals surface area contributed by atoms with Crippen LogP contribution in [0.3, 0.4) is 0 Å². The summed E-state index contributed by atoms with van der Waals surface area (Å²) in [6.45, 7) is 0. The summed E-state index contributed by atoms with van der Waals surface area (Å²) >= 11 is 5.93. The van der Waals surface area contributed by atoms with Gasteiger partial charge in [-0.3, -0.25) is 0 Å². The molecule has 0 aliphatic carbocycles. The van der Waals surface area contributed by atoms with Crippen LogP contribution in [0.15, 0.2) is 34.9 Å². The van der Waals surface area contributed by atoms with Gasteiger partial charge in [-0.05, 0) is 24.3 Å². The number of methoxy groups -OCH3 is 1. The van der Waals surface area contributed by atoms with Crippen molar-refractivity contribution in [2.24, 2.45) is 0 Å². The number of furan rings is 1. The van der Waals surface area contributed by atoms with Gasteiger partial charge in [0.05, 0.1) is 30.0 Å². The first kappa shape index (κ1) is 10.6. The van der Waals surface area contributed by atoms with Gasteiger partial charge < -0.3 is 9.15 Å². The Morgan fingerprint density at radius 3 is 2.81 bits per heavy atom. The van der Waals surface area contributed by atoms with Crippen LogP contribution in [0.25, 0.3) is 11.3 Å². The lowest BCUT2D eigenvalue weighted by Crippen LogP contribution is -1.89. The first-order valence-electron chi connectivity index (χ1n) is 4.57. The van der Waals surface area contributed by atoms with Crippen LogP contribution in [0.2, 0.25) is 5.02 Å². The van der Waals surface area contributed by atoms with Crippen molar-refractivity contribution in [3.8, 4) is 23.1 Å². The lowest BCUT2D eigenvalue weighted by atomic mass is 10.1. The summed E-state index contributed by atoms with van der Waals surface area (Å²) in [4.78, 5) is 0. The average Bonchev–Trinajstić information content (AvgIpc) is 2.82. The Balaban J connectivity index is 2.64. The number of halogens is 1. The molecule has 80 valence electrons. The molecule has 0 radical (unpaired) electrons. The molecule has 0 unspecified atom stereocenters. The quantitative estimate of drug-likeness (QED) is 0.798. The number of benzene rings is 1. The summed E-state index contributed by atoms with van der Waals surface area (Å²) in [6, 6.07) is 8.88. The lowest BCUT2D eigenvalue weighted by Gasteiger charge is -2.06. The number of nitriles is 1. The van der Waals surface area contributed by atoms with Crippen molar-refractivity contribution in [2.45, 2.75) is 0 Å². The normalized spacial score (nSPS) is 9.81. The van der Waals surface area contributed by atoms with Gasteiger partial charge >= 0.3 is 0 Å². The molecule has 2 aromatic rings. The molecule has 0 spiro atoms. The average molecular weight is 234 g/mol. The highest BCUT2D eigenvalue weighted by Crippen LogP contribution is 2.33. The van der Waals surface area contributed by atoms with E-state index in [0.29, 0.717) is 27.7 Å². The minimum atomic E-state index is 0.411. The minimum Gasteiger partial charge on any atom is -0.495 e. The molecule has 0 atom stereocenters. The summed E-state index contributed by atoms with van der Waals surface area (Å²) in [5.74, 6) is 1.14. The number of ether oxygens (including phenoxy) is 1. The van der Waals surface area contributed by atoms with Crippen LogP contribution in [-0.2, 0) is 0 Å². The van der Waals surface area contributed by atoms with E-state index in [9.17, 15) is 0 Å². The Kier molecular flexibility index (Phi) is 2.84. The zero-order chi connectivity index (χ0) is 11.5. The van der Waals surface area contributed by atoms with Crippen LogP contribution in [0.5, 0.6) is 5.75 Å². The van der Waals surface area contributed by atoms with Crippen molar-refractivity contribution in [3.05, 3.63) is 41.1 Å². The molecule has 16 heavy (non-hydrogen) atoms. The molecule has 0 saturated carbocycles. The van der Waals surface area contributed by atoms with Gasteiger partial charge in [0.15, 0.2) is 0 Å². The Bertz CT molecular complexity index is 541. The van der Waals surface area contributed by atoms with Gasteiger partial charge in [-0.25, -0.2) is 0 Å². The predicted molar refractivity (Wildman–Crippen MR) is 60.4 cm³/mol. The Morgan fingerprint density at radius 2 is 2.25 bits per heavy atom. The molecule has 3 nitrogen and oxygen atoms in total. The summed E-state index contributed by atoms with van der Waals surface area (Å²) < 4.78 is 10.4. The molecular weight excluding hydrogens is 226 g/mol. The molecule has 0 N–H and O–H groups in total. The third-order valence-electron chi connectivity index (χ3n) is 2.20. The smallest absolute Gasteiger partial charge is 0.138 e. The lowest BCUT2D eigenvalue weighted by molar-refractivity contribution is 0.415. The first-order valence-corrected chi connectivity index (χ1v) is 4.95. The van der Waals surface area contributed by atoms with E-state index in [2.05, 4.69) is 6.07 Å². The van der Waals surface area contributed by atoms with Crippen LogP contribution < -0.4 is 4.74 Å². The third-order valence-corrected chi connectivity index (χ3v) is 2.49. The largest absolute Gasteiger partial charge is 0.495 e. The van der Waals surface area contributed by atoms with Crippen molar-refractivity contribution in [1.82, 2.24) is 0 Å². The van der Waals surface area contributed by atoms with Crippen LogP contribution >= 0.6 is 11.6 Å². The van der Waals surface area contributed by atoms with Gasteiger partial charge in [0, 0.05) is 5.56 Å². The van der Waals surface area contributed by atoms with Crippen molar-refractivity contribution in [2.75, 3.05) is 7.11 Å². The van der Waals surface area contributed by atoms with Crippen LogP contribution in [0.1, 0.15) is 5.56 Å². The van der Waals surface area contributed by atoms with Crippen molar-refractivity contribution < 1.29 is 9.15 Å². The minimum absolute atomic E-state index is 0.411. The van der Waals surface area contributed by atoms with Gasteiger partial charge in [0.25, 0.3) is 0 Å². The molecule has 0 bridgehead atoms. The van der Waals surface area contributed by atoms with Crippen molar-refractivity contribution >= 4 is 11.6 Å². The monoisotopic (exact) mass is 233 g/mol. The van der Waals surface area contributed by atoms with E-state index in [0.717, 1.165) is 0 Å². The fraction of sp³-hybridized carbons (Fsp3) is 0.0833. The van der Waals surface area contributed by atoms with E-state index in [1.165, 1.54) is 7.11 Å². The highest BCUT2D eigenvalue weighted by atomic mass is 35.5. The van der Waals surface area contributed by atoms with E-state index >= 15 is 0 Å². The number of hydrogen-bond acceptors (Lipinski definition) is 3. The molecule has 1 aromatic carbocycles. The Morgan fingerprint density at radius 1 is 1.44 bits per heavy atom. The van der Waals surface area contributed by atoms with Gasteiger partial charge in [-0.15, -0.1) is 0 Å². The van der Waals surface area contributed by atoms with Gasteiger partial charge in [-0.1, -0.05) is 11.6 Å². The topological polar surface area (TPSA) is 46.2 Å².